The molecule has 0 spiro atoms. The molecule has 1 atom stereocenters. The first kappa shape index (κ1) is 12.1. The molecule has 0 radical (unpaired) electrons. The van der Waals surface area contributed by atoms with E-state index in [9.17, 15) is 4.79 Å². The number of hydrogen-bond acceptors (Lipinski definition) is 4. The first-order valence-corrected chi connectivity index (χ1v) is 6.71. The molecule has 1 aromatic carbocycles. The molecule has 0 aliphatic carbocycles. The van der Waals surface area contributed by atoms with Gasteiger partial charge in [-0.2, -0.15) is 11.8 Å². The highest BCUT2D eigenvalue weighted by molar-refractivity contribution is 7.99. The number of nitrogens with one attached hydrogen (secondary N) is 1. The van der Waals surface area contributed by atoms with Crippen LogP contribution in [0, 0.1) is 6.92 Å². The Hall–Kier alpha value is -1.36. The molecule has 0 bridgehead atoms. The van der Waals surface area contributed by atoms with Gasteiger partial charge in [0.2, 0.25) is 0 Å². The quantitative estimate of drug-likeness (QED) is 0.719. The van der Waals surface area contributed by atoms with Gasteiger partial charge in [-0.25, -0.2) is 4.79 Å². The van der Waals surface area contributed by atoms with E-state index < -0.39 is 5.97 Å². The van der Waals surface area contributed by atoms with Crippen LogP contribution in [0.3, 0.4) is 0 Å². The Morgan fingerprint density at radius 2 is 2.35 bits per heavy atom. The molecule has 1 fully saturated rings. The van der Waals surface area contributed by atoms with E-state index in [1.54, 1.807) is 6.07 Å². The van der Waals surface area contributed by atoms with Crippen molar-refractivity contribution >= 4 is 29.1 Å². The van der Waals surface area contributed by atoms with Gasteiger partial charge in [-0.3, -0.25) is 0 Å². The van der Waals surface area contributed by atoms with E-state index in [0.29, 0.717) is 11.7 Å². The van der Waals surface area contributed by atoms with E-state index in [4.69, 9.17) is 10.8 Å². The van der Waals surface area contributed by atoms with Crippen molar-refractivity contribution in [3.63, 3.8) is 0 Å². The second kappa shape index (κ2) is 4.87. The molecule has 0 aromatic heterocycles. The molecule has 1 aromatic rings. The molecule has 2 rings (SSSR count). The number of benzene rings is 1. The van der Waals surface area contributed by atoms with Crippen LogP contribution in [-0.4, -0.2) is 28.6 Å². The summed E-state index contributed by atoms with van der Waals surface area (Å²) in [6, 6.07) is 3.96. The van der Waals surface area contributed by atoms with Crippen molar-refractivity contribution in [2.75, 3.05) is 22.6 Å². The summed E-state index contributed by atoms with van der Waals surface area (Å²) in [5, 5.41) is 12.4. The molecule has 0 amide bonds. The Balaban J connectivity index is 2.25. The van der Waals surface area contributed by atoms with E-state index in [2.05, 4.69) is 5.32 Å². The number of nitrogen functional groups attached to an aromatic ring is 1. The summed E-state index contributed by atoms with van der Waals surface area (Å²) in [4.78, 5) is 11.1. The van der Waals surface area contributed by atoms with Crippen LogP contribution >= 0.6 is 11.8 Å². The second-order valence-corrected chi connectivity index (χ2v) is 5.41. The van der Waals surface area contributed by atoms with Gasteiger partial charge in [0, 0.05) is 23.2 Å². The van der Waals surface area contributed by atoms with Crippen molar-refractivity contribution in [1.82, 2.24) is 0 Å². The monoisotopic (exact) mass is 252 g/mol. The maximum Gasteiger partial charge on any atom is 0.337 e. The Morgan fingerprint density at radius 3 is 2.94 bits per heavy atom. The lowest BCUT2D eigenvalue weighted by Gasteiger charge is -2.15. The predicted molar refractivity (Wildman–Crippen MR) is 71.9 cm³/mol. The van der Waals surface area contributed by atoms with Gasteiger partial charge in [0.05, 0.1) is 5.56 Å². The fourth-order valence-corrected chi connectivity index (χ4v) is 3.10. The normalized spacial score (nSPS) is 19.2. The van der Waals surface area contributed by atoms with Gasteiger partial charge >= 0.3 is 5.97 Å². The Labute approximate surface area is 105 Å². The minimum atomic E-state index is -0.977. The van der Waals surface area contributed by atoms with E-state index in [1.165, 1.54) is 0 Å². The Bertz CT molecular complexity index is 442. The average Bonchev–Trinajstić information content (AvgIpc) is 2.75. The van der Waals surface area contributed by atoms with E-state index in [0.717, 1.165) is 29.2 Å². The van der Waals surface area contributed by atoms with E-state index in [1.807, 2.05) is 24.8 Å². The standard InChI is InChI=1S/C12H16N2O2S/c1-7-4-9(14-8-2-3-17-6-8)5-10(11(7)13)12(15)16/h4-5,8,14H,2-3,6,13H2,1H3,(H,15,16). The maximum absolute atomic E-state index is 11.1. The highest BCUT2D eigenvalue weighted by atomic mass is 32.2. The Morgan fingerprint density at radius 1 is 1.59 bits per heavy atom. The first-order valence-electron chi connectivity index (χ1n) is 5.55. The molecule has 1 aliphatic rings. The number of aromatic carboxylic acids is 1. The van der Waals surface area contributed by atoms with Crippen molar-refractivity contribution in [3.05, 3.63) is 23.3 Å². The molecular formula is C12H16N2O2S. The smallest absolute Gasteiger partial charge is 0.337 e. The van der Waals surface area contributed by atoms with Gasteiger partial charge in [0.1, 0.15) is 0 Å². The largest absolute Gasteiger partial charge is 0.478 e. The first-order chi connectivity index (χ1) is 8.08. The molecule has 17 heavy (non-hydrogen) atoms. The van der Waals surface area contributed by atoms with Crippen LogP contribution in [0.2, 0.25) is 0 Å². The summed E-state index contributed by atoms with van der Waals surface area (Å²) in [6.45, 7) is 1.83. The second-order valence-electron chi connectivity index (χ2n) is 4.26. The number of nitrogens with two attached hydrogens (primary N) is 1. The molecule has 1 saturated heterocycles. The van der Waals surface area contributed by atoms with Crippen LogP contribution in [0.15, 0.2) is 12.1 Å². The molecule has 1 heterocycles. The average molecular weight is 252 g/mol. The number of carboxylic acid groups (broad SMARTS) is 1. The van der Waals surface area contributed by atoms with E-state index >= 15 is 0 Å². The molecule has 92 valence electrons. The lowest BCUT2D eigenvalue weighted by Crippen LogP contribution is -2.18. The van der Waals surface area contributed by atoms with E-state index in [-0.39, 0.29) is 5.56 Å². The lowest BCUT2D eigenvalue weighted by molar-refractivity contribution is 0.0698. The number of thioether (sulfide) groups is 1. The fraction of sp³-hybridized carbons (Fsp3) is 0.417. The van der Waals surface area contributed by atoms with Gasteiger partial charge in [0.25, 0.3) is 0 Å². The summed E-state index contributed by atoms with van der Waals surface area (Å²) in [7, 11) is 0. The number of carboxylic acids is 1. The summed E-state index contributed by atoms with van der Waals surface area (Å²) in [5.41, 5.74) is 7.93. The fourth-order valence-electron chi connectivity index (χ4n) is 1.94. The zero-order chi connectivity index (χ0) is 12.4. The van der Waals surface area contributed by atoms with Crippen LogP contribution in [0.1, 0.15) is 22.3 Å². The number of carbonyl (C=O) groups is 1. The van der Waals surface area contributed by atoms with Gasteiger partial charge in [-0.05, 0) is 36.8 Å². The topological polar surface area (TPSA) is 75.3 Å². The van der Waals surface area contributed by atoms with Crippen molar-refractivity contribution in [2.45, 2.75) is 19.4 Å². The van der Waals surface area contributed by atoms with Crippen molar-refractivity contribution in [3.8, 4) is 0 Å². The molecular weight excluding hydrogens is 236 g/mol. The van der Waals surface area contributed by atoms with Gasteiger partial charge in [0.15, 0.2) is 0 Å². The van der Waals surface area contributed by atoms with Crippen molar-refractivity contribution in [2.24, 2.45) is 0 Å². The Kier molecular flexibility index (Phi) is 3.47. The zero-order valence-electron chi connectivity index (χ0n) is 9.69. The SMILES string of the molecule is Cc1cc(NC2CCSC2)cc(C(=O)O)c1N. The molecule has 1 unspecified atom stereocenters. The summed E-state index contributed by atoms with van der Waals surface area (Å²) in [6.07, 6.45) is 1.12. The third kappa shape index (κ3) is 2.66. The van der Waals surface area contributed by atoms with Crippen LogP contribution in [0.5, 0.6) is 0 Å². The minimum absolute atomic E-state index is 0.179. The van der Waals surface area contributed by atoms with Gasteiger partial charge < -0.3 is 16.2 Å². The molecule has 4 nitrogen and oxygen atoms in total. The number of rotatable bonds is 3. The van der Waals surface area contributed by atoms with Crippen LogP contribution in [0.4, 0.5) is 11.4 Å². The minimum Gasteiger partial charge on any atom is -0.478 e. The lowest BCUT2D eigenvalue weighted by atomic mass is 10.1. The summed E-state index contributed by atoms with van der Waals surface area (Å²) >= 11 is 1.92. The van der Waals surface area contributed by atoms with Gasteiger partial charge in [-0.1, -0.05) is 0 Å². The number of hydrogen-bond donors (Lipinski definition) is 3. The summed E-state index contributed by atoms with van der Waals surface area (Å²) in [5.74, 6) is 1.26. The zero-order valence-corrected chi connectivity index (χ0v) is 10.5. The number of anilines is 2. The van der Waals surface area contributed by atoms with Crippen molar-refractivity contribution < 1.29 is 9.90 Å². The third-order valence-corrected chi connectivity index (χ3v) is 4.08. The van der Waals surface area contributed by atoms with Gasteiger partial charge in [-0.15, -0.1) is 0 Å². The molecule has 1 aliphatic heterocycles. The number of aryl methyl sites for hydroxylation is 1. The molecule has 0 saturated carbocycles. The van der Waals surface area contributed by atoms with Crippen LogP contribution < -0.4 is 11.1 Å². The van der Waals surface area contributed by atoms with Crippen LogP contribution in [0.25, 0.3) is 0 Å². The maximum atomic E-state index is 11.1. The third-order valence-electron chi connectivity index (χ3n) is 2.92. The molecule has 4 N–H and O–H groups in total. The highest BCUT2D eigenvalue weighted by Crippen LogP contribution is 2.26. The highest BCUT2D eigenvalue weighted by Gasteiger charge is 2.17. The van der Waals surface area contributed by atoms with Crippen LogP contribution in [-0.2, 0) is 0 Å². The molecule has 5 heteroatoms. The predicted octanol–water partition coefficient (Wildman–Crippen LogP) is 2.19. The summed E-state index contributed by atoms with van der Waals surface area (Å²) < 4.78 is 0. The van der Waals surface area contributed by atoms with Crippen molar-refractivity contribution in [1.29, 1.82) is 0 Å².